The second-order valence-electron chi connectivity index (χ2n) is 6.83. The van der Waals surface area contributed by atoms with Crippen LogP contribution in [0.4, 0.5) is 5.69 Å². The van der Waals surface area contributed by atoms with Crippen LogP contribution in [0.25, 0.3) is 22.6 Å². The molecule has 30 heavy (non-hydrogen) atoms. The van der Waals surface area contributed by atoms with Crippen molar-refractivity contribution in [3.8, 4) is 11.5 Å². The van der Waals surface area contributed by atoms with Crippen LogP contribution >= 0.6 is 11.6 Å². The third-order valence-electron chi connectivity index (χ3n) is 4.50. The number of rotatable bonds is 4. The number of hydrogen-bond acceptors (Lipinski definition) is 6. The van der Waals surface area contributed by atoms with Crippen molar-refractivity contribution in [2.24, 2.45) is 0 Å². The van der Waals surface area contributed by atoms with Gasteiger partial charge in [-0.05, 0) is 43.3 Å². The number of benzene rings is 1. The van der Waals surface area contributed by atoms with Crippen LogP contribution in [0, 0.1) is 6.92 Å². The molecule has 0 aliphatic carbocycles. The Morgan fingerprint density at radius 3 is 2.60 bits per heavy atom. The van der Waals surface area contributed by atoms with Gasteiger partial charge in [0.2, 0.25) is 0 Å². The Kier molecular flexibility index (Phi) is 5.01. The van der Waals surface area contributed by atoms with Gasteiger partial charge >= 0.3 is 0 Å². The number of hydrogen-bond donors (Lipinski definition) is 1. The first-order valence-corrected chi connectivity index (χ1v) is 9.36. The summed E-state index contributed by atoms with van der Waals surface area (Å²) in [5.41, 5.74) is 2.34. The van der Waals surface area contributed by atoms with Gasteiger partial charge in [-0.25, -0.2) is 4.98 Å². The molecule has 8 nitrogen and oxygen atoms in total. The predicted molar refractivity (Wildman–Crippen MR) is 112 cm³/mol. The molecule has 3 aromatic heterocycles. The molecule has 1 N–H and O–H groups in total. The lowest BCUT2D eigenvalue weighted by Crippen LogP contribution is -2.22. The van der Waals surface area contributed by atoms with E-state index >= 15 is 0 Å². The second kappa shape index (κ2) is 7.64. The number of halogens is 1. The van der Waals surface area contributed by atoms with Crippen LogP contribution in [0.2, 0.25) is 5.02 Å². The average molecular weight is 425 g/mol. The summed E-state index contributed by atoms with van der Waals surface area (Å²) in [6.07, 6.45) is 1.52. The normalized spacial score (nSPS) is 10.9. The Hall–Kier alpha value is -3.65. The molecular weight excluding hydrogens is 408 g/mol. The van der Waals surface area contributed by atoms with Crippen LogP contribution < -0.4 is 5.32 Å². The molecule has 1 aromatic carbocycles. The van der Waals surface area contributed by atoms with Crippen molar-refractivity contribution in [2.75, 3.05) is 19.4 Å². The van der Waals surface area contributed by atoms with Gasteiger partial charge in [-0.3, -0.25) is 9.59 Å². The van der Waals surface area contributed by atoms with E-state index in [1.54, 1.807) is 51.4 Å². The molecule has 9 heteroatoms. The van der Waals surface area contributed by atoms with Gasteiger partial charge in [-0.1, -0.05) is 16.8 Å². The summed E-state index contributed by atoms with van der Waals surface area (Å²) in [7, 11) is 3.28. The third kappa shape index (κ3) is 3.53. The summed E-state index contributed by atoms with van der Waals surface area (Å²) in [5.74, 6) is -0.129. The molecule has 0 fully saturated rings. The number of aromatic nitrogens is 2. The van der Waals surface area contributed by atoms with Crippen LogP contribution in [0.1, 0.15) is 26.4 Å². The van der Waals surface area contributed by atoms with Crippen molar-refractivity contribution >= 4 is 40.2 Å². The lowest BCUT2D eigenvalue weighted by Gasteiger charge is -2.13. The van der Waals surface area contributed by atoms with Gasteiger partial charge in [0.25, 0.3) is 17.5 Å². The number of anilines is 1. The highest BCUT2D eigenvalue weighted by Gasteiger charge is 2.21. The number of nitrogens with zero attached hydrogens (tertiary/aromatic N) is 3. The number of furan rings is 1. The molecule has 0 radical (unpaired) electrons. The first-order chi connectivity index (χ1) is 14.3. The van der Waals surface area contributed by atoms with E-state index in [1.165, 1.54) is 17.2 Å². The fraction of sp³-hybridized carbons (Fsp3) is 0.143. The maximum Gasteiger partial charge on any atom is 0.259 e. The van der Waals surface area contributed by atoms with E-state index in [2.05, 4.69) is 15.5 Å². The third-order valence-corrected chi connectivity index (χ3v) is 4.81. The van der Waals surface area contributed by atoms with E-state index in [0.717, 1.165) is 0 Å². The maximum atomic E-state index is 13.1. The zero-order chi connectivity index (χ0) is 21.4. The Bertz CT molecular complexity index is 1260. The Morgan fingerprint density at radius 2 is 1.93 bits per heavy atom. The van der Waals surface area contributed by atoms with E-state index in [-0.39, 0.29) is 16.6 Å². The van der Waals surface area contributed by atoms with Crippen molar-refractivity contribution in [3.05, 3.63) is 64.5 Å². The molecule has 2 amide bonds. The molecule has 4 rings (SSSR count). The van der Waals surface area contributed by atoms with E-state index in [0.29, 0.717) is 39.3 Å². The quantitative estimate of drug-likeness (QED) is 0.521. The lowest BCUT2D eigenvalue weighted by molar-refractivity contribution is 0.0827. The summed E-state index contributed by atoms with van der Waals surface area (Å²) in [6, 6.07) is 9.80. The first kappa shape index (κ1) is 19.7. The van der Waals surface area contributed by atoms with Crippen LogP contribution in [0.15, 0.2) is 51.6 Å². The van der Waals surface area contributed by atoms with Gasteiger partial charge in [0.05, 0.1) is 33.5 Å². The van der Waals surface area contributed by atoms with Gasteiger partial charge in [0, 0.05) is 19.8 Å². The van der Waals surface area contributed by atoms with Crippen molar-refractivity contribution < 1.29 is 18.5 Å². The molecular formula is C21H17ClN4O4. The number of carbonyl (C=O) groups is 2. The molecule has 0 atom stereocenters. The Morgan fingerprint density at radius 1 is 1.13 bits per heavy atom. The van der Waals surface area contributed by atoms with Gasteiger partial charge in [-0.15, -0.1) is 0 Å². The monoisotopic (exact) mass is 424 g/mol. The lowest BCUT2D eigenvalue weighted by atomic mass is 10.1. The Balaban J connectivity index is 1.71. The minimum atomic E-state index is -0.399. The van der Waals surface area contributed by atoms with Gasteiger partial charge in [0.1, 0.15) is 5.69 Å². The van der Waals surface area contributed by atoms with E-state index in [1.807, 2.05) is 0 Å². The smallest absolute Gasteiger partial charge is 0.259 e. The average Bonchev–Trinajstić information content (AvgIpc) is 3.37. The van der Waals surface area contributed by atoms with Crippen molar-refractivity contribution in [1.29, 1.82) is 0 Å². The second-order valence-corrected chi connectivity index (χ2v) is 7.24. The highest BCUT2D eigenvalue weighted by atomic mass is 35.5. The van der Waals surface area contributed by atoms with Crippen LogP contribution in [-0.4, -0.2) is 41.0 Å². The molecule has 0 bridgehead atoms. The molecule has 0 aliphatic rings. The van der Waals surface area contributed by atoms with E-state index in [9.17, 15) is 9.59 Å². The number of fused-ring (bicyclic) bond motifs is 1. The molecule has 0 saturated heterocycles. The van der Waals surface area contributed by atoms with Crippen LogP contribution in [0.3, 0.4) is 0 Å². The topological polar surface area (TPSA) is 101 Å². The fourth-order valence-electron chi connectivity index (χ4n) is 3.03. The molecule has 4 aromatic rings. The highest BCUT2D eigenvalue weighted by molar-refractivity contribution is 6.34. The first-order valence-electron chi connectivity index (χ1n) is 8.98. The summed E-state index contributed by atoms with van der Waals surface area (Å²) >= 11 is 6.25. The number of carbonyl (C=O) groups excluding carboxylic acids is 2. The molecule has 0 aliphatic heterocycles. The predicted octanol–water partition coefficient (Wildman–Crippen LogP) is 4.40. The molecule has 0 unspecified atom stereocenters. The van der Waals surface area contributed by atoms with Gasteiger partial charge in [-0.2, -0.15) is 0 Å². The van der Waals surface area contributed by atoms with Crippen molar-refractivity contribution in [1.82, 2.24) is 15.0 Å². The molecule has 3 heterocycles. The SMILES string of the molecule is Cc1noc2nc(-c3ccco3)cc(C(=O)Nc3ccc(C(=O)N(C)C)c(Cl)c3)c12. The van der Waals surface area contributed by atoms with Crippen molar-refractivity contribution in [2.45, 2.75) is 6.92 Å². The zero-order valence-corrected chi connectivity index (χ0v) is 17.1. The zero-order valence-electron chi connectivity index (χ0n) is 16.4. The summed E-state index contributed by atoms with van der Waals surface area (Å²) in [6.45, 7) is 1.73. The van der Waals surface area contributed by atoms with Crippen LogP contribution in [-0.2, 0) is 0 Å². The standard InChI is InChI=1S/C21H17ClN4O4/c1-11-18-14(10-16(17-5-4-8-29-17)24-20(18)30-25-11)19(27)23-12-6-7-13(15(22)9-12)21(28)26(2)3/h4-10H,1-3H3,(H,23,27). The largest absolute Gasteiger partial charge is 0.463 e. The van der Waals surface area contributed by atoms with E-state index < -0.39 is 5.91 Å². The van der Waals surface area contributed by atoms with Gasteiger partial charge in [0.15, 0.2) is 5.76 Å². The van der Waals surface area contributed by atoms with Crippen LogP contribution in [0.5, 0.6) is 0 Å². The number of amides is 2. The highest BCUT2D eigenvalue weighted by Crippen LogP contribution is 2.28. The molecule has 152 valence electrons. The number of aryl methyl sites for hydroxylation is 1. The minimum Gasteiger partial charge on any atom is -0.463 e. The van der Waals surface area contributed by atoms with Crippen molar-refractivity contribution in [3.63, 3.8) is 0 Å². The maximum absolute atomic E-state index is 13.1. The number of nitrogens with one attached hydrogen (secondary N) is 1. The Labute approximate surface area is 176 Å². The molecule has 0 spiro atoms. The minimum absolute atomic E-state index is 0.225. The summed E-state index contributed by atoms with van der Waals surface area (Å²) in [4.78, 5) is 31.0. The molecule has 0 saturated carbocycles. The van der Waals surface area contributed by atoms with E-state index in [4.69, 9.17) is 20.5 Å². The summed E-state index contributed by atoms with van der Waals surface area (Å²) < 4.78 is 10.7. The number of pyridine rings is 1. The summed E-state index contributed by atoms with van der Waals surface area (Å²) in [5, 5.41) is 7.47. The van der Waals surface area contributed by atoms with Gasteiger partial charge < -0.3 is 19.2 Å². The fourth-order valence-corrected chi connectivity index (χ4v) is 3.29.